The van der Waals surface area contributed by atoms with E-state index in [4.69, 9.17) is 10.1 Å². The van der Waals surface area contributed by atoms with E-state index in [2.05, 4.69) is 35.6 Å². The van der Waals surface area contributed by atoms with E-state index in [0.29, 0.717) is 25.3 Å². The number of hydrogen-bond acceptors (Lipinski definition) is 12. The third-order valence-electron chi connectivity index (χ3n) is 12.4. The monoisotopic (exact) mass is 855 g/mol. The van der Waals surface area contributed by atoms with Gasteiger partial charge in [0.1, 0.15) is 29.2 Å². The van der Waals surface area contributed by atoms with Crippen LogP contribution in [0.2, 0.25) is 0 Å². The molecule has 3 aromatic heterocycles. The van der Waals surface area contributed by atoms with Gasteiger partial charge in [-0.25, -0.2) is 18.9 Å². The van der Waals surface area contributed by atoms with Crippen molar-refractivity contribution in [1.82, 2.24) is 40.0 Å². The minimum atomic E-state index is -1.00. The van der Waals surface area contributed by atoms with Crippen LogP contribution in [0.25, 0.3) is 17.0 Å². The number of pyridine rings is 1. The molecule has 0 spiro atoms. The average Bonchev–Trinajstić information content (AvgIpc) is 4.02. The van der Waals surface area contributed by atoms with Gasteiger partial charge < -0.3 is 20.4 Å². The quantitative estimate of drug-likeness (QED) is 0.0989. The maximum atomic E-state index is 14.1. The van der Waals surface area contributed by atoms with E-state index in [0.717, 1.165) is 110 Å². The number of piperazine rings is 1. The minimum absolute atomic E-state index is 0.00407. The van der Waals surface area contributed by atoms with Gasteiger partial charge in [0.15, 0.2) is 5.65 Å². The van der Waals surface area contributed by atoms with Crippen LogP contribution in [0.4, 0.5) is 21.7 Å². The van der Waals surface area contributed by atoms with Crippen LogP contribution in [-0.2, 0) is 14.4 Å². The summed E-state index contributed by atoms with van der Waals surface area (Å²) in [6.45, 7) is 5.28. The molecule has 0 bridgehead atoms. The molecule has 3 fully saturated rings. The van der Waals surface area contributed by atoms with Crippen LogP contribution in [0.3, 0.4) is 0 Å². The van der Waals surface area contributed by atoms with Crippen molar-refractivity contribution in [3.8, 4) is 11.4 Å². The third kappa shape index (κ3) is 8.82. The highest BCUT2D eigenvalue weighted by Gasteiger charge is 2.45. The molecule has 16 nitrogen and oxygen atoms in total. The molecule has 2 aromatic carbocycles. The summed E-state index contributed by atoms with van der Waals surface area (Å²) in [6.07, 6.45) is 7.41. The Morgan fingerprint density at radius 2 is 1.62 bits per heavy atom. The number of carbonyl (C=O) groups excluding carboxylic acids is 5. The number of unbranched alkanes of at least 4 members (excludes halogenated alkanes) is 3. The number of imidazole rings is 1. The van der Waals surface area contributed by atoms with Crippen LogP contribution in [-0.4, -0.2) is 117 Å². The van der Waals surface area contributed by atoms with Gasteiger partial charge in [0.2, 0.25) is 17.7 Å². The van der Waals surface area contributed by atoms with Crippen LogP contribution in [0.15, 0.2) is 79.0 Å². The van der Waals surface area contributed by atoms with Gasteiger partial charge >= 0.3 is 0 Å². The number of nitrogens with zero attached hydrogens (tertiary/aromatic N) is 8. The SMILES string of the molecule is O=C(CN1CCN(c2cccc(-c3cnc4ccc(N5CCC[C@@H]5c5cccc(F)c5)nn34)n2)CC1)NCCCCCCNc1cccc2c1C(=O)N(C1CCC(=O)NC1=O)C2=O. The van der Waals surface area contributed by atoms with Crippen LogP contribution in [0, 0.1) is 5.82 Å². The lowest BCUT2D eigenvalue weighted by Gasteiger charge is -2.35. The van der Waals surface area contributed by atoms with E-state index in [1.807, 2.05) is 40.9 Å². The van der Waals surface area contributed by atoms with E-state index >= 15 is 0 Å². The number of nitrogens with one attached hydrogen (secondary N) is 3. The lowest BCUT2D eigenvalue weighted by Crippen LogP contribution is -2.54. The van der Waals surface area contributed by atoms with Gasteiger partial charge in [-0.3, -0.25) is 39.1 Å². The average molecular weight is 856 g/mol. The first-order valence-electron chi connectivity index (χ1n) is 21.9. The summed E-state index contributed by atoms with van der Waals surface area (Å²) >= 11 is 0. The predicted molar refractivity (Wildman–Crippen MR) is 234 cm³/mol. The standard InChI is InChI=1S/C46H50FN11O5/c47-31-10-5-9-30(27-31)35-14-8-22-56(35)40-18-17-38-50-28-37(58(38)53-40)33-12-7-15-39(51-33)55-25-23-54(24-26-55)29-42(60)49-21-4-2-1-3-20-48-34-13-6-11-32-43(34)46(63)57(45(32)62)36-16-19-41(59)52-44(36)61/h5-7,9-13,15,17-18,27-28,35-36,48H,1-4,8,14,16,19-26,29H2,(H,49,60)(H,52,59,61)/t35-,36?/m1/s1. The smallest absolute Gasteiger partial charge is 0.264 e. The zero-order valence-corrected chi connectivity index (χ0v) is 35.0. The highest BCUT2D eigenvalue weighted by molar-refractivity contribution is 6.25. The first-order valence-corrected chi connectivity index (χ1v) is 21.9. The summed E-state index contributed by atoms with van der Waals surface area (Å²) in [7, 11) is 0. The first-order chi connectivity index (χ1) is 30.7. The van der Waals surface area contributed by atoms with Gasteiger partial charge in [0.25, 0.3) is 11.8 Å². The molecule has 0 radical (unpaired) electrons. The summed E-state index contributed by atoms with van der Waals surface area (Å²) in [6, 6.07) is 20.8. The topological polar surface area (TPSA) is 177 Å². The van der Waals surface area contributed by atoms with E-state index in [1.165, 1.54) is 6.07 Å². The van der Waals surface area contributed by atoms with E-state index < -0.39 is 29.7 Å². The maximum absolute atomic E-state index is 14.1. The largest absolute Gasteiger partial charge is 0.384 e. The van der Waals surface area contributed by atoms with Crippen molar-refractivity contribution in [2.24, 2.45) is 0 Å². The summed E-state index contributed by atoms with van der Waals surface area (Å²) in [5.41, 5.74) is 4.27. The fraction of sp³-hybridized carbons (Fsp3) is 0.391. The Morgan fingerprint density at radius 3 is 2.44 bits per heavy atom. The Balaban J connectivity index is 0.698. The molecule has 0 aliphatic carbocycles. The molecule has 9 rings (SSSR count). The highest BCUT2D eigenvalue weighted by Crippen LogP contribution is 2.36. The fourth-order valence-corrected chi connectivity index (χ4v) is 9.15. The summed E-state index contributed by atoms with van der Waals surface area (Å²) in [5, 5.41) is 13.6. The Bertz CT molecular complexity index is 2560. The molecule has 5 amide bonds. The van der Waals surface area contributed by atoms with Gasteiger partial charge in [-0.2, -0.15) is 0 Å². The molecule has 7 heterocycles. The molecule has 3 saturated heterocycles. The molecule has 5 aromatic rings. The van der Waals surface area contributed by atoms with Crippen molar-refractivity contribution < 1.29 is 28.4 Å². The molecule has 17 heteroatoms. The molecule has 4 aliphatic rings. The molecular weight excluding hydrogens is 806 g/mol. The summed E-state index contributed by atoms with van der Waals surface area (Å²) in [4.78, 5) is 80.5. The van der Waals surface area contributed by atoms with Crippen LogP contribution >= 0.6 is 0 Å². The number of fused-ring (bicyclic) bond motifs is 2. The van der Waals surface area contributed by atoms with E-state index in [-0.39, 0.29) is 41.7 Å². The molecule has 0 saturated carbocycles. The number of piperidine rings is 1. The van der Waals surface area contributed by atoms with Crippen LogP contribution in [0.5, 0.6) is 0 Å². The molecule has 326 valence electrons. The molecule has 3 N–H and O–H groups in total. The van der Waals surface area contributed by atoms with E-state index in [1.54, 1.807) is 36.5 Å². The van der Waals surface area contributed by atoms with Crippen molar-refractivity contribution in [3.05, 3.63) is 102 Å². The van der Waals surface area contributed by atoms with Crippen molar-refractivity contribution in [2.45, 2.75) is 63.5 Å². The van der Waals surface area contributed by atoms with Gasteiger partial charge in [0.05, 0.1) is 35.6 Å². The zero-order chi connectivity index (χ0) is 43.5. The second kappa shape index (κ2) is 18.3. The van der Waals surface area contributed by atoms with Crippen LogP contribution < -0.4 is 25.8 Å². The van der Waals surface area contributed by atoms with E-state index in [9.17, 15) is 28.4 Å². The molecule has 63 heavy (non-hydrogen) atoms. The van der Waals surface area contributed by atoms with Gasteiger partial charge in [-0.05, 0) is 86.2 Å². The summed E-state index contributed by atoms with van der Waals surface area (Å²) < 4.78 is 15.9. The number of imide groups is 2. The number of carbonyl (C=O) groups is 5. The fourth-order valence-electron chi connectivity index (χ4n) is 9.15. The number of benzene rings is 2. The molecular formula is C46H50FN11O5. The Morgan fingerprint density at radius 1 is 0.810 bits per heavy atom. The number of amides is 5. The van der Waals surface area contributed by atoms with Gasteiger partial charge in [-0.1, -0.05) is 37.1 Å². The molecule has 4 aliphatic heterocycles. The molecule has 2 atom stereocenters. The predicted octanol–water partition coefficient (Wildman–Crippen LogP) is 4.58. The first kappa shape index (κ1) is 41.6. The van der Waals surface area contributed by atoms with Crippen molar-refractivity contribution in [3.63, 3.8) is 0 Å². The Labute approximate surface area is 363 Å². The van der Waals surface area contributed by atoms with Gasteiger partial charge in [-0.15, -0.1) is 5.10 Å². The number of anilines is 3. The number of rotatable bonds is 15. The lowest BCUT2D eigenvalue weighted by atomic mass is 10.0. The Hall–Kier alpha value is -6.75. The van der Waals surface area contributed by atoms with Crippen molar-refractivity contribution >= 4 is 52.5 Å². The maximum Gasteiger partial charge on any atom is 0.264 e. The second-order valence-corrected chi connectivity index (χ2v) is 16.5. The van der Waals surface area contributed by atoms with Crippen molar-refractivity contribution in [1.29, 1.82) is 0 Å². The normalized spacial score (nSPS) is 19.2. The minimum Gasteiger partial charge on any atom is -0.384 e. The number of halogens is 1. The van der Waals surface area contributed by atoms with Crippen LogP contribution in [0.1, 0.15) is 83.7 Å². The Kier molecular flexibility index (Phi) is 12.1. The number of hydrogen-bond donors (Lipinski definition) is 3. The highest BCUT2D eigenvalue weighted by atomic mass is 19.1. The van der Waals surface area contributed by atoms with Gasteiger partial charge in [0, 0.05) is 57.9 Å². The second-order valence-electron chi connectivity index (χ2n) is 16.5. The molecule has 1 unspecified atom stereocenters. The third-order valence-corrected chi connectivity index (χ3v) is 12.4. The summed E-state index contributed by atoms with van der Waals surface area (Å²) in [5.74, 6) is -0.659. The zero-order valence-electron chi connectivity index (χ0n) is 35.0. The number of aromatic nitrogens is 4. The van der Waals surface area contributed by atoms with Crippen molar-refractivity contribution in [2.75, 3.05) is 67.5 Å². The lowest BCUT2D eigenvalue weighted by molar-refractivity contribution is -0.136.